The Morgan fingerprint density at radius 3 is 2.81 bits per heavy atom. The molecular formula is C16H17N5O3S3. The van der Waals surface area contributed by atoms with Crippen LogP contribution in [0.2, 0.25) is 0 Å². The third kappa shape index (κ3) is 4.42. The number of nitrogens with zero attached hydrogens (tertiary/aromatic N) is 3. The van der Waals surface area contributed by atoms with Gasteiger partial charge in [0.2, 0.25) is 11.0 Å². The maximum Gasteiger partial charge on any atom is 0.236 e. The monoisotopic (exact) mass is 423 g/mol. The summed E-state index contributed by atoms with van der Waals surface area (Å²) in [7, 11) is 0. The van der Waals surface area contributed by atoms with Crippen LogP contribution < -0.4 is 20.1 Å². The Balaban J connectivity index is 1.35. The Hall–Kier alpha value is -2.11. The van der Waals surface area contributed by atoms with Gasteiger partial charge in [-0.05, 0) is 6.42 Å². The van der Waals surface area contributed by atoms with E-state index in [1.54, 1.807) is 0 Å². The van der Waals surface area contributed by atoms with Crippen molar-refractivity contribution in [2.75, 3.05) is 36.1 Å². The van der Waals surface area contributed by atoms with Crippen molar-refractivity contribution in [3.63, 3.8) is 0 Å². The number of fused-ring (bicyclic) bond motifs is 2. The fourth-order valence-corrected chi connectivity index (χ4v) is 4.84. The lowest BCUT2D eigenvalue weighted by molar-refractivity contribution is -0.113. The summed E-state index contributed by atoms with van der Waals surface area (Å²) in [4.78, 5) is 16.7. The van der Waals surface area contributed by atoms with E-state index in [-0.39, 0.29) is 11.7 Å². The third-order valence-electron chi connectivity index (χ3n) is 3.56. The normalized spacial score (nSPS) is 12.9. The maximum absolute atomic E-state index is 12.2. The number of amides is 1. The molecule has 2 aromatic heterocycles. The van der Waals surface area contributed by atoms with Crippen LogP contribution >= 0.6 is 34.4 Å². The molecule has 1 amide bonds. The summed E-state index contributed by atoms with van der Waals surface area (Å²) >= 11 is 4.22. The molecule has 0 bridgehead atoms. The largest absolute Gasteiger partial charge is 0.486 e. The first-order valence-electron chi connectivity index (χ1n) is 8.41. The van der Waals surface area contributed by atoms with Crippen molar-refractivity contribution in [3.05, 3.63) is 12.1 Å². The van der Waals surface area contributed by atoms with Crippen LogP contribution in [0.25, 0.3) is 10.2 Å². The summed E-state index contributed by atoms with van der Waals surface area (Å²) in [6, 6.07) is 3.74. The van der Waals surface area contributed by atoms with Crippen LogP contribution in [-0.4, -0.2) is 46.6 Å². The predicted octanol–water partition coefficient (Wildman–Crippen LogP) is 3.47. The van der Waals surface area contributed by atoms with E-state index in [2.05, 4.69) is 32.7 Å². The Labute approximate surface area is 167 Å². The van der Waals surface area contributed by atoms with Crippen LogP contribution in [0.3, 0.4) is 0 Å². The minimum atomic E-state index is -0.130. The number of hydrogen-bond donors (Lipinski definition) is 2. The minimum absolute atomic E-state index is 0.130. The number of carbonyl (C=O) groups is 1. The topological polar surface area (TPSA) is 98.3 Å². The van der Waals surface area contributed by atoms with E-state index in [0.29, 0.717) is 24.1 Å². The van der Waals surface area contributed by atoms with E-state index >= 15 is 0 Å². The van der Waals surface area contributed by atoms with E-state index in [9.17, 15) is 4.79 Å². The summed E-state index contributed by atoms with van der Waals surface area (Å²) in [5.41, 5.74) is 0.781. The summed E-state index contributed by atoms with van der Waals surface area (Å²) in [6.07, 6.45) is 1.02. The molecule has 1 aliphatic rings. The van der Waals surface area contributed by atoms with Crippen molar-refractivity contribution in [2.45, 2.75) is 17.7 Å². The molecule has 1 aliphatic heterocycles. The first-order chi connectivity index (χ1) is 13.2. The summed E-state index contributed by atoms with van der Waals surface area (Å²) in [5, 5.41) is 15.5. The highest BCUT2D eigenvalue weighted by molar-refractivity contribution is 8.01. The molecule has 0 unspecified atom stereocenters. The Morgan fingerprint density at radius 1 is 1.19 bits per heavy atom. The van der Waals surface area contributed by atoms with Crippen molar-refractivity contribution >= 4 is 60.8 Å². The van der Waals surface area contributed by atoms with Crippen molar-refractivity contribution in [1.82, 2.24) is 15.2 Å². The highest BCUT2D eigenvalue weighted by Gasteiger charge is 2.16. The van der Waals surface area contributed by atoms with Gasteiger partial charge in [0.05, 0.1) is 16.0 Å². The van der Waals surface area contributed by atoms with Crippen molar-refractivity contribution in [2.24, 2.45) is 0 Å². The zero-order valence-corrected chi connectivity index (χ0v) is 16.9. The van der Waals surface area contributed by atoms with Crippen LogP contribution in [0, 0.1) is 0 Å². The first-order valence-corrected chi connectivity index (χ1v) is 11.0. The number of hydrogen-bond acceptors (Lipinski definition) is 10. The van der Waals surface area contributed by atoms with Crippen molar-refractivity contribution < 1.29 is 14.3 Å². The van der Waals surface area contributed by atoms with Crippen LogP contribution in [0.4, 0.5) is 10.3 Å². The molecule has 8 nitrogen and oxygen atoms in total. The lowest BCUT2D eigenvalue weighted by Crippen LogP contribution is -2.15. The molecule has 3 heterocycles. The Bertz CT molecular complexity index is 915. The van der Waals surface area contributed by atoms with E-state index in [1.807, 2.05) is 12.1 Å². The maximum atomic E-state index is 12.2. The molecule has 27 heavy (non-hydrogen) atoms. The molecule has 0 radical (unpaired) electrons. The molecule has 0 saturated carbocycles. The number of carbonyl (C=O) groups excluding carboxylic acids is 1. The Kier molecular flexibility index (Phi) is 5.60. The van der Waals surface area contributed by atoms with Crippen LogP contribution in [-0.2, 0) is 4.79 Å². The van der Waals surface area contributed by atoms with Crippen LogP contribution in [0.1, 0.15) is 13.3 Å². The molecule has 0 saturated heterocycles. The van der Waals surface area contributed by atoms with Gasteiger partial charge < -0.3 is 20.1 Å². The number of ether oxygens (including phenoxy) is 2. The smallest absolute Gasteiger partial charge is 0.236 e. The molecule has 2 N–H and O–H groups in total. The molecule has 1 aromatic carbocycles. The van der Waals surface area contributed by atoms with E-state index in [1.165, 1.54) is 34.4 Å². The van der Waals surface area contributed by atoms with Gasteiger partial charge in [-0.15, -0.1) is 10.2 Å². The predicted molar refractivity (Wildman–Crippen MR) is 109 cm³/mol. The molecule has 4 rings (SSSR count). The highest BCUT2D eigenvalue weighted by Crippen LogP contribution is 2.37. The minimum Gasteiger partial charge on any atom is -0.486 e. The SMILES string of the molecule is CCCNc1nnc(SCC(=O)Nc2nc3cc4c(cc3s2)OCCO4)s1. The number of thioether (sulfide) groups is 1. The van der Waals surface area contributed by atoms with E-state index in [0.717, 1.165) is 38.4 Å². The van der Waals surface area contributed by atoms with Crippen LogP contribution in [0.5, 0.6) is 11.5 Å². The first kappa shape index (κ1) is 18.3. The van der Waals surface area contributed by atoms with E-state index in [4.69, 9.17) is 9.47 Å². The molecular weight excluding hydrogens is 406 g/mol. The average Bonchev–Trinajstić information content (AvgIpc) is 3.28. The van der Waals surface area contributed by atoms with Gasteiger partial charge in [0.15, 0.2) is 21.0 Å². The van der Waals surface area contributed by atoms with Crippen molar-refractivity contribution in [1.29, 1.82) is 0 Å². The van der Waals surface area contributed by atoms with Gasteiger partial charge in [-0.3, -0.25) is 4.79 Å². The fraction of sp³-hybridized carbons (Fsp3) is 0.375. The average molecular weight is 424 g/mol. The zero-order chi connectivity index (χ0) is 18.6. The van der Waals surface area contributed by atoms with Crippen molar-refractivity contribution in [3.8, 4) is 11.5 Å². The number of rotatable bonds is 7. The number of anilines is 2. The summed E-state index contributed by atoms with van der Waals surface area (Å²) in [6.45, 7) is 4.02. The second-order valence-electron chi connectivity index (χ2n) is 5.62. The van der Waals surface area contributed by atoms with E-state index < -0.39 is 0 Å². The van der Waals surface area contributed by atoms with Crippen LogP contribution in [0.15, 0.2) is 16.5 Å². The standard InChI is InChI=1S/C16H17N5O3S3/c1-2-3-17-14-20-21-16(27-14)25-8-13(22)19-15-18-9-6-10-11(7-12(9)26-15)24-5-4-23-10/h6-7H,2-5,8H2,1H3,(H,17,20)(H,18,19,22). The van der Waals surface area contributed by atoms with Gasteiger partial charge >= 0.3 is 0 Å². The lowest BCUT2D eigenvalue weighted by atomic mass is 10.3. The second kappa shape index (κ2) is 8.28. The van der Waals surface area contributed by atoms with Gasteiger partial charge in [0, 0.05) is 18.7 Å². The quantitative estimate of drug-likeness (QED) is 0.558. The zero-order valence-electron chi connectivity index (χ0n) is 14.5. The van der Waals surface area contributed by atoms with Gasteiger partial charge in [0.25, 0.3) is 0 Å². The van der Waals surface area contributed by atoms with Gasteiger partial charge in [-0.1, -0.05) is 41.4 Å². The molecule has 0 aliphatic carbocycles. The molecule has 0 spiro atoms. The fourth-order valence-electron chi connectivity index (χ4n) is 2.37. The number of aromatic nitrogens is 3. The summed E-state index contributed by atoms with van der Waals surface area (Å²) in [5.74, 6) is 1.53. The molecule has 3 aromatic rings. The summed E-state index contributed by atoms with van der Waals surface area (Å²) < 4.78 is 12.9. The molecule has 0 fully saturated rings. The van der Waals surface area contributed by atoms with Gasteiger partial charge in [-0.2, -0.15) is 0 Å². The highest BCUT2D eigenvalue weighted by atomic mass is 32.2. The number of nitrogens with one attached hydrogen (secondary N) is 2. The number of thiazole rings is 1. The van der Waals surface area contributed by atoms with Gasteiger partial charge in [-0.25, -0.2) is 4.98 Å². The molecule has 11 heteroatoms. The Morgan fingerprint density at radius 2 is 2.00 bits per heavy atom. The third-order valence-corrected chi connectivity index (χ3v) is 6.51. The second-order valence-corrected chi connectivity index (χ2v) is 8.85. The lowest BCUT2D eigenvalue weighted by Gasteiger charge is -2.17. The molecule has 0 atom stereocenters. The molecule has 142 valence electrons. The van der Waals surface area contributed by atoms with Gasteiger partial charge in [0.1, 0.15) is 13.2 Å². The number of benzene rings is 1.